The number of carbonyl (C=O) groups is 9. The van der Waals surface area contributed by atoms with Crippen molar-refractivity contribution < 1.29 is 157 Å². The minimum atomic E-state index is -1.74. The van der Waals surface area contributed by atoms with Gasteiger partial charge in [0.2, 0.25) is 0 Å². The van der Waals surface area contributed by atoms with Gasteiger partial charge in [-0.05, 0) is 19.3 Å². The van der Waals surface area contributed by atoms with Gasteiger partial charge in [-0.25, -0.2) is 0 Å². The van der Waals surface area contributed by atoms with Gasteiger partial charge in [-0.15, -0.1) is 0 Å². The average molecular weight is 1290 g/mol. The highest BCUT2D eigenvalue weighted by Gasteiger charge is 2.62. The molecule has 0 aromatic heterocycles. The van der Waals surface area contributed by atoms with Gasteiger partial charge in [0.05, 0.1) is 39.6 Å². The number of hydrogen-bond acceptors (Lipinski definition) is 33. The van der Waals surface area contributed by atoms with Crippen LogP contribution in [0, 0.1) is 5.41 Å². The van der Waals surface area contributed by atoms with Crippen LogP contribution in [0.15, 0.2) is 0 Å². The number of esters is 9. The molecule has 0 aromatic rings. The first-order valence-electron chi connectivity index (χ1n) is 29.0. The van der Waals surface area contributed by atoms with Gasteiger partial charge in [-0.1, -0.05) is 6.92 Å². The van der Waals surface area contributed by atoms with Crippen molar-refractivity contribution >= 4 is 53.7 Å². The predicted molar refractivity (Wildman–Crippen MR) is 285 cm³/mol. The standard InChI is InChI=1S/C56H84O33/c1-29(57)69-23-38-41(75-32(4)60)44(78-35(7)63)47-50(81-38)87-54(11,84-47)72-20-14-17-66-26-53(10,27-67-18-15-21-73-55(12)85-48-45(79-36(8)64)42(76-33(5)61)39(24-70-30(2)58)82-51(48)88-55)28-68-19-16-22-74-56(13)86-49-46(80-37(9)65)43(77-34(6)62)40(25-71-31(3)59)83-52(49)89-56/h38-52H,14-28H2,1-13H3/t38-,39-,40-,41-,42-,43-,44+,45+,46+,47+,48+,49+,50+,51+,52+,53?,54?,55?,56?/m1/s1. The minimum Gasteiger partial charge on any atom is -0.463 e. The van der Waals surface area contributed by atoms with E-state index in [0.29, 0.717) is 19.3 Å². The van der Waals surface area contributed by atoms with Crippen LogP contribution in [0.4, 0.5) is 0 Å². The lowest BCUT2D eigenvalue weighted by atomic mass is 9.94. The van der Waals surface area contributed by atoms with Gasteiger partial charge in [0, 0.05) is 108 Å². The molecule has 0 spiro atoms. The van der Waals surface area contributed by atoms with Crippen molar-refractivity contribution in [3.05, 3.63) is 0 Å². The van der Waals surface area contributed by atoms with Gasteiger partial charge in [-0.2, -0.15) is 0 Å². The molecule has 0 amide bonds. The first kappa shape index (κ1) is 72.7. The summed E-state index contributed by atoms with van der Waals surface area (Å²) in [6, 6.07) is 0. The number of carbonyl (C=O) groups excluding carboxylic acids is 9. The van der Waals surface area contributed by atoms with E-state index in [0.717, 1.165) is 20.8 Å². The Kier molecular flexibility index (Phi) is 26.8. The summed E-state index contributed by atoms with van der Waals surface area (Å²) in [7, 11) is 0. The molecule has 6 aliphatic heterocycles. The molecule has 0 aromatic carbocycles. The largest absolute Gasteiger partial charge is 0.463 e. The average Bonchev–Trinajstić information content (AvgIpc) is 1.86. The molecule has 0 aliphatic carbocycles. The molecule has 6 aliphatic rings. The third-order valence-corrected chi connectivity index (χ3v) is 13.7. The summed E-state index contributed by atoms with van der Waals surface area (Å²) in [5.74, 6) is -11.4. The van der Waals surface area contributed by atoms with Crippen molar-refractivity contribution in [2.45, 2.75) is 219 Å². The fourth-order valence-electron chi connectivity index (χ4n) is 10.3. The van der Waals surface area contributed by atoms with Gasteiger partial charge >= 0.3 is 53.7 Å². The van der Waals surface area contributed by atoms with E-state index in [1.165, 1.54) is 62.3 Å². The Bertz CT molecular complexity index is 2170. The van der Waals surface area contributed by atoms with Gasteiger partial charge in [0.15, 0.2) is 73.8 Å². The highest BCUT2D eigenvalue weighted by atomic mass is 17.0. The maximum Gasteiger partial charge on any atom is 0.303 e. The maximum atomic E-state index is 12.2. The Morgan fingerprint density at radius 2 is 0.573 bits per heavy atom. The van der Waals surface area contributed by atoms with Crippen LogP contribution in [0.25, 0.3) is 0 Å². The van der Waals surface area contributed by atoms with E-state index >= 15 is 0 Å². The lowest BCUT2D eigenvalue weighted by molar-refractivity contribution is -0.345. The second-order valence-corrected chi connectivity index (χ2v) is 22.2. The zero-order chi connectivity index (χ0) is 65.4. The third kappa shape index (κ3) is 21.9. The summed E-state index contributed by atoms with van der Waals surface area (Å²) >= 11 is 0. The van der Waals surface area contributed by atoms with Crippen LogP contribution in [0.1, 0.15) is 109 Å². The van der Waals surface area contributed by atoms with Crippen LogP contribution >= 0.6 is 0 Å². The summed E-state index contributed by atoms with van der Waals surface area (Å²) < 4.78 is 139. The molecule has 6 rings (SSSR count). The van der Waals surface area contributed by atoms with Crippen LogP contribution in [-0.2, 0) is 157 Å². The molecule has 89 heavy (non-hydrogen) atoms. The minimum absolute atomic E-state index is 0.0279. The van der Waals surface area contributed by atoms with Crippen LogP contribution < -0.4 is 0 Å². The second kappa shape index (κ2) is 32.8. The topological polar surface area (TPSA) is 375 Å². The van der Waals surface area contributed by atoms with Gasteiger partial charge in [0.25, 0.3) is 17.9 Å². The van der Waals surface area contributed by atoms with E-state index in [4.69, 9.17) is 114 Å². The Hall–Kier alpha value is -5.37. The van der Waals surface area contributed by atoms with E-state index in [-0.39, 0.29) is 79.3 Å². The molecule has 0 radical (unpaired) electrons. The SMILES string of the molecule is CC(=O)OC[C@H]1O[C@H]2OC(C)(OCCCOCC(C)(COCCCOC3(C)O[C@@H]4O[C@H](COC(C)=O)[C@@H](OC(C)=O)[C@H](OC(C)=O)[C@@H]4O3)COCCCOC3(C)O[C@@H]4O[C@H](COC(C)=O)[C@@H](OC(C)=O)[C@H](OC(C)=O)[C@@H]4O3)O[C@H]2[C@@H](OC(C)=O)[C@@H]1OC(C)=O. The molecule has 33 heteroatoms. The molecule has 33 nitrogen and oxygen atoms in total. The summed E-state index contributed by atoms with van der Waals surface area (Å²) in [5.41, 5.74) is -0.779. The highest BCUT2D eigenvalue weighted by molar-refractivity contribution is 5.70. The Labute approximate surface area is 513 Å². The lowest BCUT2D eigenvalue weighted by Crippen LogP contribution is -2.60. The van der Waals surface area contributed by atoms with Crippen molar-refractivity contribution in [3.63, 3.8) is 0 Å². The molecule has 3 unspecified atom stereocenters. The molecule has 18 atom stereocenters. The quantitative estimate of drug-likeness (QED) is 0.0502. The lowest BCUT2D eigenvalue weighted by Gasteiger charge is -2.40. The second-order valence-electron chi connectivity index (χ2n) is 22.2. The van der Waals surface area contributed by atoms with Crippen LogP contribution in [0.3, 0.4) is 0 Å². The van der Waals surface area contributed by atoms with Gasteiger partial charge in [-0.3, -0.25) is 57.4 Å². The summed E-state index contributed by atoms with van der Waals surface area (Å²) in [6.45, 7) is 16.7. The van der Waals surface area contributed by atoms with Crippen molar-refractivity contribution in [2.75, 3.05) is 79.3 Å². The van der Waals surface area contributed by atoms with Crippen LogP contribution in [0.2, 0.25) is 0 Å². The summed E-state index contributed by atoms with van der Waals surface area (Å²) in [6.07, 6.45) is -16.7. The number of hydrogen-bond donors (Lipinski definition) is 0. The van der Waals surface area contributed by atoms with Crippen molar-refractivity contribution in [1.82, 2.24) is 0 Å². The monoisotopic (exact) mass is 1280 g/mol. The maximum absolute atomic E-state index is 12.2. The first-order chi connectivity index (χ1) is 41.9. The molecule has 0 N–H and O–H groups in total. The molecule has 6 heterocycles. The van der Waals surface area contributed by atoms with E-state index < -0.39 is 169 Å². The van der Waals surface area contributed by atoms with E-state index in [1.54, 1.807) is 0 Å². The van der Waals surface area contributed by atoms with E-state index in [1.807, 2.05) is 6.92 Å². The van der Waals surface area contributed by atoms with Crippen molar-refractivity contribution in [3.8, 4) is 0 Å². The number of ether oxygens (including phenoxy) is 24. The zero-order valence-electron chi connectivity index (χ0n) is 52.2. The fraction of sp³-hybridized carbons (Fsp3) is 0.839. The van der Waals surface area contributed by atoms with Gasteiger partial charge in [0.1, 0.15) is 38.1 Å². The molecular weight excluding hydrogens is 1200 g/mol. The molecular formula is C56H84O33. The highest BCUT2D eigenvalue weighted by Crippen LogP contribution is 2.43. The third-order valence-electron chi connectivity index (χ3n) is 13.7. The predicted octanol–water partition coefficient (Wildman–Crippen LogP) is 0.984. The molecule has 506 valence electrons. The van der Waals surface area contributed by atoms with Crippen molar-refractivity contribution in [2.24, 2.45) is 5.41 Å². The first-order valence-corrected chi connectivity index (χ1v) is 29.0. The Morgan fingerprint density at radius 3 is 0.798 bits per heavy atom. The summed E-state index contributed by atoms with van der Waals surface area (Å²) in [5, 5.41) is 0. The van der Waals surface area contributed by atoms with E-state index in [9.17, 15) is 43.2 Å². The van der Waals surface area contributed by atoms with Gasteiger partial charge < -0.3 is 99.5 Å². The smallest absolute Gasteiger partial charge is 0.303 e. The molecule has 0 bridgehead atoms. The zero-order valence-corrected chi connectivity index (χ0v) is 52.2. The number of fused-ring (bicyclic) bond motifs is 3. The Balaban J connectivity index is 1.03. The van der Waals surface area contributed by atoms with Crippen LogP contribution in [0.5, 0.6) is 0 Å². The van der Waals surface area contributed by atoms with Crippen LogP contribution in [-0.4, -0.2) is 243 Å². The summed E-state index contributed by atoms with van der Waals surface area (Å²) in [4.78, 5) is 108. The van der Waals surface area contributed by atoms with E-state index in [2.05, 4.69) is 0 Å². The van der Waals surface area contributed by atoms with Crippen molar-refractivity contribution in [1.29, 1.82) is 0 Å². The molecule has 6 fully saturated rings. The Morgan fingerprint density at radius 1 is 0.337 bits per heavy atom. The number of rotatable bonds is 33. The molecule has 6 saturated heterocycles. The molecule has 0 saturated carbocycles. The fourth-order valence-corrected chi connectivity index (χ4v) is 10.3. The normalized spacial score (nSPS) is 34.3.